The van der Waals surface area contributed by atoms with Gasteiger partial charge in [-0.05, 0) is 19.1 Å². The van der Waals surface area contributed by atoms with Crippen LogP contribution in [0.2, 0.25) is 0 Å². The van der Waals surface area contributed by atoms with Crippen molar-refractivity contribution in [2.24, 2.45) is 0 Å². The molecule has 0 bridgehead atoms. The number of carbonyl (C=O) groups is 2. The van der Waals surface area contributed by atoms with Gasteiger partial charge in [0.15, 0.2) is 0 Å². The number of pyridine rings is 1. The van der Waals surface area contributed by atoms with Gasteiger partial charge in [0.2, 0.25) is 0 Å². The zero-order valence-corrected chi connectivity index (χ0v) is 14.2. The molecule has 0 saturated carbocycles. The van der Waals surface area contributed by atoms with Crippen LogP contribution in [0.15, 0.2) is 18.3 Å². The second-order valence-electron chi connectivity index (χ2n) is 5.32. The third kappa shape index (κ3) is 4.82. The number of nitrogens with zero attached hydrogens (tertiary/aromatic N) is 3. The van der Waals surface area contributed by atoms with E-state index in [0.717, 1.165) is 5.82 Å². The predicted octanol–water partition coefficient (Wildman–Crippen LogP) is 0.736. The lowest BCUT2D eigenvalue weighted by Crippen LogP contribution is -2.49. The molecular weight excluding hydrogens is 312 g/mol. The van der Waals surface area contributed by atoms with Gasteiger partial charge in [-0.3, -0.25) is 4.79 Å². The first-order valence-corrected chi connectivity index (χ1v) is 8.05. The Morgan fingerprint density at radius 3 is 2.71 bits per heavy atom. The minimum absolute atomic E-state index is 0.152. The maximum atomic E-state index is 12.1. The molecule has 2 heterocycles. The number of ether oxygens (including phenoxy) is 2. The van der Waals surface area contributed by atoms with Crippen molar-refractivity contribution in [3.05, 3.63) is 23.9 Å². The van der Waals surface area contributed by atoms with E-state index in [1.165, 1.54) is 0 Å². The summed E-state index contributed by atoms with van der Waals surface area (Å²) < 4.78 is 9.93. The number of carbonyl (C=O) groups excluding carboxylic acids is 2. The van der Waals surface area contributed by atoms with E-state index in [4.69, 9.17) is 9.47 Å². The molecule has 0 spiro atoms. The number of methoxy groups -OCH3 is 1. The van der Waals surface area contributed by atoms with E-state index in [1.807, 2.05) is 0 Å². The molecule has 0 radical (unpaired) electrons. The lowest BCUT2D eigenvalue weighted by molar-refractivity contribution is 0.0937. The van der Waals surface area contributed by atoms with Gasteiger partial charge in [-0.2, -0.15) is 0 Å². The monoisotopic (exact) mass is 336 g/mol. The number of piperazine rings is 1. The second kappa shape index (κ2) is 9.07. The quantitative estimate of drug-likeness (QED) is 0.771. The first-order valence-electron chi connectivity index (χ1n) is 8.05. The van der Waals surface area contributed by atoms with Crippen molar-refractivity contribution in [2.45, 2.75) is 6.92 Å². The largest absolute Gasteiger partial charge is 0.450 e. The molecule has 24 heavy (non-hydrogen) atoms. The number of aromatic nitrogens is 1. The highest BCUT2D eigenvalue weighted by molar-refractivity contribution is 5.94. The molecule has 1 N–H and O–H groups in total. The first kappa shape index (κ1) is 18.0. The van der Waals surface area contributed by atoms with Crippen molar-refractivity contribution < 1.29 is 19.1 Å². The van der Waals surface area contributed by atoms with Gasteiger partial charge in [-0.15, -0.1) is 0 Å². The lowest BCUT2D eigenvalue weighted by atomic mass is 10.2. The summed E-state index contributed by atoms with van der Waals surface area (Å²) in [6, 6.07) is 3.45. The van der Waals surface area contributed by atoms with Crippen molar-refractivity contribution in [1.82, 2.24) is 15.2 Å². The molecule has 8 heteroatoms. The third-order valence-electron chi connectivity index (χ3n) is 3.73. The average molecular weight is 336 g/mol. The number of rotatable bonds is 6. The van der Waals surface area contributed by atoms with Gasteiger partial charge < -0.3 is 24.6 Å². The average Bonchev–Trinajstić information content (AvgIpc) is 2.62. The van der Waals surface area contributed by atoms with Crippen LogP contribution in [0.1, 0.15) is 17.3 Å². The summed E-state index contributed by atoms with van der Waals surface area (Å²) in [6.07, 6.45) is 1.34. The van der Waals surface area contributed by atoms with Gasteiger partial charge >= 0.3 is 6.09 Å². The smallest absolute Gasteiger partial charge is 0.409 e. The summed E-state index contributed by atoms with van der Waals surface area (Å²) in [5.41, 5.74) is 0.559. The molecule has 0 aromatic carbocycles. The Labute approximate surface area is 141 Å². The molecule has 0 atom stereocenters. The molecule has 8 nitrogen and oxygen atoms in total. The number of nitrogens with one attached hydrogen (secondary N) is 1. The normalized spacial score (nSPS) is 14.4. The van der Waals surface area contributed by atoms with Crippen molar-refractivity contribution in [3.63, 3.8) is 0 Å². The van der Waals surface area contributed by atoms with Crippen molar-refractivity contribution >= 4 is 17.8 Å². The summed E-state index contributed by atoms with van der Waals surface area (Å²) >= 11 is 0. The Bertz CT molecular complexity index is 559. The minimum Gasteiger partial charge on any atom is -0.450 e. The summed E-state index contributed by atoms with van der Waals surface area (Å²) in [7, 11) is 1.59. The maximum Gasteiger partial charge on any atom is 0.409 e. The summed E-state index contributed by atoms with van der Waals surface area (Å²) in [5.74, 6) is 0.582. The second-order valence-corrected chi connectivity index (χ2v) is 5.32. The van der Waals surface area contributed by atoms with E-state index in [2.05, 4.69) is 15.2 Å². The first-order chi connectivity index (χ1) is 11.7. The molecule has 132 valence electrons. The summed E-state index contributed by atoms with van der Waals surface area (Å²) in [4.78, 5) is 31.9. The topological polar surface area (TPSA) is 84.0 Å². The summed E-state index contributed by atoms with van der Waals surface area (Å²) in [6.45, 7) is 5.56. The molecule has 1 aliphatic heterocycles. The molecule has 1 saturated heterocycles. The highest BCUT2D eigenvalue weighted by Gasteiger charge is 2.23. The SMILES string of the molecule is CCOC(=O)N1CCN(c2cc(C(=O)NCCOC)ccn2)CC1. The molecule has 2 amide bonds. The fourth-order valence-electron chi connectivity index (χ4n) is 2.43. The van der Waals surface area contributed by atoms with Gasteiger partial charge in [-0.25, -0.2) is 9.78 Å². The van der Waals surface area contributed by atoms with Crippen LogP contribution in [0.5, 0.6) is 0 Å². The minimum atomic E-state index is -0.281. The van der Waals surface area contributed by atoms with Gasteiger partial charge in [0.05, 0.1) is 13.2 Å². The van der Waals surface area contributed by atoms with Crippen LogP contribution < -0.4 is 10.2 Å². The molecule has 0 aliphatic carbocycles. The van der Waals surface area contributed by atoms with Crippen molar-refractivity contribution in [1.29, 1.82) is 0 Å². The molecule has 2 rings (SSSR count). The van der Waals surface area contributed by atoms with Crippen LogP contribution in [0, 0.1) is 0 Å². The molecular formula is C16H24N4O4. The fourth-order valence-corrected chi connectivity index (χ4v) is 2.43. The van der Waals surface area contributed by atoms with Gasteiger partial charge in [0.1, 0.15) is 5.82 Å². The Morgan fingerprint density at radius 1 is 1.29 bits per heavy atom. The highest BCUT2D eigenvalue weighted by atomic mass is 16.6. The van der Waals surface area contributed by atoms with Crippen LogP contribution >= 0.6 is 0 Å². The molecule has 0 unspecified atom stereocenters. The van der Waals surface area contributed by atoms with Crippen LogP contribution in [-0.2, 0) is 9.47 Å². The van der Waals surface area contributed by atoms with Crippen LogP contribution in [0.25, 0.3) is 0 Å². The van der Waals surface area contributed by atoms with Gasteiger partial charge in [-0.1, -0.05) is 0 Å². The van der Waals surface area contributed by atoms with Crippen molar-refractivity contribution in [3.8, 4) is 0 Å². The Hall–Kier alpha value is -2.35. The summed E-state index contributed by atoms with van der Waals surface area (Å²) in [5, 5.41) is 2.79. The lowest BCUT2D eigenvalue weighted by Gasteiger charge is -2.34. The number of hydrogen-bond acceptors (Lipinski definition) is 6. The molecule has 1 aromatic heterocycles. The fraction of sp³-hybridized carbons (Fsp3) is 0.562. The van der Waals surface area contributed by atoms with Crippen LogP contribution in [0.4, 0.5) is 10.6 Å². The van der Waals surface area contributed by atoms with E-state index in [-0.39, 0.29) is 12.0 Å². The van der Waals surface area contributed by atoms with Crippen LogP contribution in [-0.4, -0.2) is 74.9 Å². The zero-order valence-electron chi connectivity index (χ0n) is 14.2. The molecule has 1 fully saturated rings. The van der Waals surface area contributed by atoms with Gasteiger partial charge in [0.25, 0.3) is 5.91 Å². The Balaban J connectivity index is 1.92. The highest BCUT2D eigenvalue weighted by Crippen LogP contribution is 2.15. The van der Waals surface area contributed by atoms with Crippen molar-refractivity contribution in [2.75, 3.05) is 57.9 Å². The Kier molecular flexibility index (Phi) is 6.80. The maximum absolute atomic E-state index is 12.1. The van der Waals surface area contributed by atoms with Crippen LogP contribution in [0.3, 0.4) is 0 Å². The zero-order chi connectivity index (χ0) is 17.4. The van der Waals surface area contributed by atoms with E-state index >= 15 is 0 Å². The molecule has 1 aliphatic rings. The van der Waals surface area contributed by atoms with Gasteiger partial charge in [0, 0.05) is 51.6 Å². The number of anilines is 1. The van der Waals surface area contributed by atoms with E-state index in [9.17, 15) is 9.59 Å². The predicted molar refractivity (Wildman–Crippen MR) is 89.3 cm³/mol. The van der Waals surface area contributed by atoms with E-state index < -0.39 is 0 Å². The molecule has 1 aromatic rings. The Morgan fingerprint density at radius 2 is 2.04 bits per heavy atom. The number of hydrogen-bond donors (Lipinski definition) is 1. The van der Waals surface area contributed by atoms with E-state index in [0.29, 0.717) is 51.5 Å². The van der Waals surface area contributed by atoms with E-state index in [1.54, 1.807) is 37.3 Å². The number of amides is 2. The third-order valence-corrected chi connectivity index (χ3v) is 3.73. The standard InChI is InChI=1S/C16H24N4O4/c1-3-24-16(22)20-9-7-19(8-10-20)14-12-13(4-5-17-14)15(21)18-6-11-23-2/h4-5,12H,3,6-11H2,1-2H3,(H,18,21).